The highest BCUT2D eigenvalue weighted by Crippen LogP contribution is 2.37. The number of hydrogen-bond donors (Lipinski definition) is 0. The normalized spacial score (nSPS) is 22.6. The Morgan fingerprint density at radius 3 is 2.67 bits per heavy atom. The fraction of sp³-hybridized carbons (Fsp3) is 0.400. The summed E-state index contributed by atoms with van der Waals surface area (Å²) < 4.78 is 10.9. The average Bonchev–Trinajstić information content (AvgIpc) is 2.50. The van der Waals surface area contributed by atoms with Gasteiger partial charge in [-0.3, -0.25) is 14.5 Å². The summed E-state index contributed by atoms with van der Waals surface area (Å²) in [6.07, 6.45) is -1.24. The topological polar surface area (TPSA) is 55.8 Å². The molecule has 1 aromatic rings. The number of likely N-dealkylation sites (tertiary alicyclic amines) is 1. The monoisotopic (exact) mass is 307 g/mol. The summed E-state index contributed by atoms with van der Waals surface area (Å²) in [5.74, 6) is -0.880. The van der Waals surface area contributed by atoms with Gasteiger partial charge in [0.25, 0.3) is 11.8 Å². The molecule has 1 aliphatic heterocycles. The molecule has 3 atom stereocenters. The highest BCUT2D eigenvalue weighted by molar-refractivity contribution is 7.80. The SMILES string of the molecule is CCOC(C)O[C@H]1C(=O)N(C(=O)C=S)[C@H]1c1ccccc1. The van der Waals surface area contributed by atoms with E-state index in [1.165, 1.54) is 0 Å². The second-order valence-corrected chi connectivity index (χ2v) is 4.84. The minimum atomic E-state index is -0.729. The number of carbonyl (C=O) groups excluding carboxylic acids is 2. The molecule has 6 heteroatoms. The molecule has 1 aromatic carbocycles. The lowest BCUT2D eigenvalue weighted by Gasteiger charge is -2.45. The highest BCUT2D eigenvalue weighted by atomic mass is 32.1. The first-order chi connectivity index (χ1) is 10.1. The maximum Gasteiger partial charge on any atom is 0.264 e. The molecule has 5 nitrogen and oxygen atoms in total. The Bertz CT molecular complexity index is 534. The molecule has 112 valence electrons. The van der Waals surface area contributed by atoms with Crippen LogP contribution in [0.15, 0.2) is 30.3 Å². The van der Waals surface area contributed by atoms with Gasteiger partial charge in [-0.1, -0.05) is 42.5 Å². The Kier molecular flexibility index (Phi) is 5.17. The van der Waals surface area contributed by atoms with Crippen LogP contribution in [0.2, 0.25) is 0 Å². The summed E-state index contributed by atoms with van der Waals surface area (Å²) in [6.45, 7) is 4.06. The first-order valence-electron chi connectivity index (χ1n) is 6.74. The average molecular weight is 307 g/mol. The van der Waals surface area contributed by atoms with Crippen molar-refractivity contribution in [2.24, 2.45) is 0 Å². The van der Waals surface area contributed by atoms with E-state index in [9.17, 15) is 9.59 Å². The van der Waals surface area contributed by atoms with E-state index in [0.717, 1.165) is 15.8 Å². The van der Waals surface area contributed by atoms with Gasteiger partial charge >= 0.3 is 0 Å². The summed E-state index contributed by atoms with van der Waals surface area (Å²) in [4.78, 5) is 25.1. The van der Waals surface area contributed by atoms with Crippen LogP contribution in [0.3, 0.4) is 0 Å². The molecule has 0 saturated carbocycles. The number of hydrogen-bond acceptors (Lipinski definition) is 5. The molecule has 0 aromatic heterocycles. The van der Waals surface area contributed by atoms with Crippen molar-refractivity contribution in [1.82, 2.24) is 4.90 Å². The molecule has 1 heterocycles. The van der Waals surface area contributed by atoms with Crippen LogP contribution in [0.25, 0.3) is 0 Å². The van der Waals surface area contributed by atoms with Crippen molar-refractivity contribution < 1.29 is 19.1 Å². The smallest absolute Gasteiger partial charge is 0.264 e. The largest absolute Gasteiger partial charge is 0.353 e. The zero-order chi connectivity index (χ0) is 15.4. The first kappa shape index (κ1) is 15.8. The van der Waals surface area contributed by atoms with Crippen LogP contribution < -0.4 is 0 Å². The van der Waals surface area contributed by atoms with Crippen LogP contribution in [0, 0.1) is 0 Å². The first-order valence-corrected chi connectivity index (χ1v) is 7.21. The van der Waals surface area contributed by atoms with E-state index in [0.29, 0.717) is 6.61 Å². The Labute approximate surface area is 128 Å². The van der Waals surface area contributed by atoms with E-state index in [4.69, 9.17) is 9.47 Å². The molecule has 1 saturated heterocycles. The van der Waals surface area contributed by atoms with Gasteiger partial charge in [-0.2, -0.15) is 0 Å². The third-order valence-electron chi connectivity index (χ3n) is 3.26. The molecular weight excluding hydrogens is 290 g/mol. The van der Waals surface area contributed by atoms with Gasteiger partial charge in [0.1, 0.15) is 6.04 Å². The lowest BCUT2D eigenvalue weighted by Crippen LogP contribution is -2.62. The van der Waals surface area contributed by atoms with Crippen molar-refractivity contribution in [3.05, 3.63) is 35.9 Å². The van der Waals surface area contributed by atoms with Crippen LogP contribution >= 0.6 is 12.2 Å². The van der Waals surface area contributed by atoms with Crippen LogP contribution in [0.5, 0.6) is 0 Å². The number of rotatable bonds is 6. The van der Waals surface area contributed by atoms with Gasteiger partial charge in [0.2, 0.25) is 0 Å². The van der Waals surface area contributed by atoms with Crippen molar-refractivity contribution in [1.29, 1.82) is 0 Å². The van der Waals surface area contributed by atoms with Crippen LogP contribution in [0.1, 0.15) is 25.5 Å². The predicted molar refractivity (Wildman–Crippen MR) is 80.7 cm³/mol. The van der Waals surface area contributed by atoms with Gasteiger partial charge in [-0.25, -0.2) is 0 Å². The van der Waals surface area contributed by atoms with Gasteiger partial charge in [0.05, 0.1) is 5.37 Å². The Hall–Kier alpha value is -1.63. The quantitative estimate of drug-likeness (QED) is 0.456. The van der Waals surface area contributed by atoms with E-state index >= 15 is 0 Å². The molecule has 2 amide bonds. The molecule has 0 aliphatic carbocycles. The Morgan fingerprint density at radius 1 is 1.43 bits per heavy atom. The maximum atomic E-state index is 12.1. The van der Waals surface area contributed by atoms with Crippen molar-refractivity contribution >= 4 is 29.4 Å². The minimum absolute atomic E-state index is 0.387. The van der Waals surface area contributed by atoms with Gasteiger partial charge in [0.15, 0.2) is 12.4 Å². The molecular formula is C15H17NO4S. The summed E-state index contributed by atoms with van der Waals surface area (Å²) in [5, 5.41) is 0.968. The number of thiocarbonyl (C=S) groups is 1. The summed E-state index contributed by atoms with van der Waals surface area (Å²) in [6, 6.07) is 8.80. The number of nitrogens with zero attached hydrogens (tertiary/aromatic N) is 1. The second-order valence-electron chi connectivity index (χ2n) is 4.60. The standard InChI is InChI=1S/C15H17NO4S/c1-3-19-10(2)20-14-13(11-7-5-4-6-8-11)16(15(14)18)12(17)9-21/h4-10,13-14H,3H2,1-2H3/t10?,13-,14+/m0/s1. The third kappa shape index (κ3) is 3.18. The van der Waals surface area contributed by atoms with E-state index < -0.39 is 24.3 Å². The number of amides is 2. The Balaban J connectivity index is 2.22. The van der Waals surface area contributed by atoms with E-state index in [-0.39, 0.29) is 5.91 Å². The van der Waals surface area contributed by atoms with Crippen molar-refractivity contribution in [2.45, 2.75) is 32.3 Å². The molecule has 0 radical (unpaired) electrons. The Morgan fingerprint density at radius 2 is 2.10 bits per heavy atom. The summed E-state index contributed by atoms with van der Waals surface area (Å²) >= 11 is 4.64. The molecule has 1 fully saturated rings. The second kappa shape index (κ2) is 6.89. The van der Waals surface area contributed by atoms with Gasteiger partial charge in [-0.15, -0.1) is 0 Å². The lowest BCUT2D eigenvalue weighted by atomic mass is 9.90. The number of benzene rings is 1. The fourth-order valence-electron chi connectivity index (χ4n) is 2.35. The van der Waals surface area contributed by atoms with Gasteiger partial charge in [-0.05, 0) is 19.4 Å². The molecule has 0 N–H and O–H groups in total. The van der Waals surface area contributed by atoms with Gasteiger partial charge in [0, 0.05) is 6.61 Å². The maximum absolute atomic E-state index is 12.1. The van der Waals surface area contributed by atoms with Crippen LogP contribution in [-0.4, -0.2) is 41.1 Å². The zero-order valence-corrected chi connectivity index (χ0v) is 12.7. The number of carbonyl (C=O) groups is 2. The van der Waals surface area contributed by atoms with Crippen LogP contribution in [0.4, 0.5) is 0 Å². The van der Waals surface area contributed by atoms with Crippen molar-refractivity contribution in [3.63, 3.8) is 0 Å². The minimum Gasteiger partial charge on any atom is -0.353 e. The zero-order valence-electron chi connectivity index (χ0n) is 11.9. The molecule has 0 spiro atoms. The number of β-lactam (4-membered cyclic amide) rings is 1. The molecule has 0 bridgehead atoms. The molecule has 21 heavy (non-hydrogen) atoms. The van der Waals surface area contributed by atoms with E-state index in [2.05, 4.69) is 12.2 Å². The highest BCUT2D eigenvalue weighted by Gasteiger charge is 2.52. The van der Waals surface area contributed by atoms with Gasteiger partial charge < -0.3 is 9.47 Å². The number of ether oxygens (including phenoxy) is 2. The van der Waals surface area contributed by atoms with E-state index in [1.54, 1.807) is 6.92 Å². The molecule has 1 aliphatic rings. The predicted octanol–water partition coefficient (Wildman–Crippen LogP) is 1.86. The van der Waals surface area contributed by atoms with Crippen molar-refractivity contribution in [3.8, 4) is 0 Å². The third-order valence-corrected chi connectivity index (χ3v) is 3.47. The van der Waals surface area contributed by atoms with Crippen molar-refractivity contribution in [2.75, 3.05) is 6.61 Å². The summed E-state index contributed by atoms with van der Waals surface area (Å²) in [7, 11) is 0. The summed E-state index contributed by atoms with van der Waals surface area (Å²) in [5.41, 5.74) is 0.830. The lowest BCUT2D eigenvalue weighted by molar-refractivity contribution is -0.213. The van der Waals surface area contributed by atoms with Crippen LogP contribution in [-0.2, 0) is 19.1 Å². The fourth-order valence-corrected chi connectivity index (χ4v) is 2.47. The molecule has 2 rings (SSSR count). The number of imide groups is 1. The van der Waals surface area contributed by atoms with E-state index in [1.807, 2.05) is 37.3 Å². The molecule has 1 unspecified atom stereocenters.